The molecule has 0 atom stereocenters. The number of thioether (sulfide) groups is 1. The first-order valence-electron chi connectivity index (χ1n) is 10.5. The second kappa shape index (κ2) is 10.5. The number of thiocarbonyl (C=S) groups is 1. The third kappa shape index (κ3) is 5.30. The lowest BCUT2D eigenvalue weighted by Crippen LogP contribution is -2.28. The zero-order valence-electron chi connectivity index (χ0n) is 18.6. The van der Waals surface area contributed by atoms with E-state index < -0.39 is 0 Å². The summed E-state index contributed by atoms with van der Waals surface area (Å²) in [6.07, 6.45) is 1.80. The van der Waals surface area contributed by atoms with Crippen molar-refractivity contribution in [1.29, 1.82) is 0 Å². The predicted octanol–water partition coefficient (Wildman–Crippen LogP) is 5.43. The van der Waals surface area contributed by atoms with Crippen molar-refractivity contribution in [3.63, 3.8) is 0 Å². The van der Waals surface area contributed by atoms with E-state index in [1.807, 2.05) is 55.5 Å². The highest BCUT2D eigenvalue weighted by Gasteiger charge is 2.33. The molecule has 0 radical (unpaired) electrons. The summed E-state index contributed by atoms with van der Waals surface area (Å²) in [4.78, 5) is 27.3. The molecule has 4 rings (SSSR count). The number of hydrogen-bond acceptors (Lipinski definition) is 6. The van der Waals surface area contributed by atoms with Crippen LogP contribution < -0.4 is 19.7 Å². The topological polar surface area (TPSA) is 67.9 Å². The van der Waals surface area contributed by atoms with Gasteiger partial charge in [0.15, 0.2) is 10.9 Å². The molecular weight excluding hydrogens is 468 g/mol. The predicted molar refractivity (Wildman–Crippen MR) is 140 cm³/mol. The molecule has 1 aliphatic rings. The Kier molecular flexibility index (Phi) is 7.30. The van der Waals surface area contributed by atoms with E-state index in [2.05, 4.69) is 5.32 Å². The molecule has 1 fully saturated rings. The number of para-hydroxylation sites is 3. The lowest BCUT2D eigenvalue weighted by atomic mass is 10.1. The number of anilines is 2. The molecule has 1 heterocycles. The summed E-state index contributed by atoms with van der Waals surface area (Å²) >= 11 is 6.73. The lowest BCUT2D eigenvalue weighted by molar-refractivity contribution is -0.118. The maximum atomic E-state index is 13.0. The molecule has 172 valence electrons. The SMILES string of the molecule is COc1ccccc1NC(=O)COc1ccc(/C=C2/SC(=S)N(c3ccccc3C)C2=O)cc1. The third-order valence-electron chi connectivity index (χ3n) is 5.08. The highest BCUT2D eigenvalue weighted by atomic mass is 32.2. The normalized spacial score (nSPS) is 14.4. The van der Waals surface area contributed by atoms with Crippen LogP contribution in [0.3, 0.4) is 0 Å². The van der Waals surface area contributed by atoms with Gasteiger partial charge in [0.1, 0.15) is 11.5 Å². The van der Waals surface area contributed by atoms with E-state index >= 15 is 0 Å². The van der Waals surface area contributed by atoms with E-state index in [0.29, 0.717) is 26.4 Å². The van der Waals surface area contributed by atoms with Crippen molar-refractivity contribution in [2.24, 2.45) is 0 Å². The van der Waals surface area contributed by atoms with Crippen molar-refractivity contribution in [1.82, 2.24) is 0 Å². The zero-order valence-corrected chi connectivity index (χ0v) is 20.2. The van der Waals surface area contributed by atoms with Crippen LogP contribution >= 0.6 is 24.0 Å². The fourth-order valence-corrected chi connectivity index (χ4v) is 4.67. The molecule has 3 aromatic carbocycles. The van der Waals surface area contributed by atoms with Gasteiger partial charge in [-0.2, -0.15) is 0 Å². The molecule has 1 saturated heterocycles. The summed E-state index contributed by atoms with van der Waals surface area (Å²) < 4.78 is 11.3. The van der Waals surface area contributed by atoms with Gasteiger partial charge in [-0.25, -0.2) is 0 Å². The van der Waals surface area contributed by atoms with Crippen LogP contribution in [0.25, 0.3) is 6.08 Å². The van der Waals surface area contributed by atoms with Crippen LogP contribution in [0.2, 0.25) is 0 Å². The molecule has 34 heavy (non-hydrogen) atoms. The fraction of sp³-hybridized carbons (Fsp3) is 0.115. The van der Waals surface area contributed by atoms with Gasteiger partial charge in [0.25, 0.3) is 11.8 Å². The Balaban J connectivity index is 1.38. The minimum Gasteiger partial charge on any atom is -0.495 e. The molecule has 6 nitrogen and oxygen atoms in total. The first-order valence-corrected chi connectivity index (χ1v) is 11.7. The smallest absolute Gasteiger partial charge is 0.270 e. The van der Waals surface area contributed by atoms with Gasteiger partial charge >= 0.3 is 0 Å². The Morgan fingerprint density at radius 3 is 2.50 bits per heavy atom. The average Bonchev–Trinajstić information content (AvgIpc) is 3.12. The van der Waals surface area contributed by atoms with Crippen LogP contribution in [0.4, 0.5) is 11.4 Å². The molecule has 0 aromatic heterocycles. The molecule has 2 amide bonds. The number of hydrogen-bond donors (Lipinski definition) is 1. The Morgan fingerprint density at radius 2 is 1.76 bits per heavy atom. The van der Waals surface area contributed by atoms with Gasteiger partial charge in [0.05, 0.1) is 23.4 Å². The van der Waals surface area contributed by atoms with Gasteiger partial charge in [0, 0.05) is 0 Å². The number of amides is 2. The number of benzene rings is 3. The summed E-state index contributed by atoms with van der Waals surface area (Å²) in [6.45, 7) is 1.80. The summed E-state index contributed by atoms with van der Waals surface area (Å²) in [7, 11) is 1.55. The van der Waals surface area contributed by atoms with Crippen molar-refractivity contribution in [3.05, 3.63) is 88.8 Å². The maximum Gasteiger partial charge on any atom is 0.270 e. The third-order valence-corrected chi connectivity index (χ3v) is 6.38. The van der Waals surface area contributed by atoms with Crippen LogP contribution in [0.5, 0.6) is 11.5 Å². The first-order chi connectivity index (χ1) is 16.5. The van der Waals surface area contributed by atoms with Crippen molar-refractivity contribution < 1.29 is 19.1 Å². The van der Waals surface area contributed by atoms with Crippen LogP contribution in [-0.4, -0.2) is 29.9 Å². The Hall–Kier alpha value is -3.62. The number of aryl methyl sites for hydroxylation is 1. The van der Waals surface area contributed by atoms with E-state index in [-0.39, 0.29) is 18.4 Å². The molecule has 0 unspecified atom stereocenters. The van der Waals surface area contributed by atoms with Crippen molar-refractivity contribution >= 4 is 57.6 Å². The zero-order chi connectivity index (χ0) is 24.1. The van der Waals surface area contributed by atoms with Gasteiger partial charge in [0.2, 0.25) is 0 Å². The van der Waals surface area contributed by atoms with Crippen molar-refractivity contribution in [2.75, 3.05) is 23.9 Å². The molecule has 8 heteroatoms. The van der Waals surface area contributed by atoms with Crippen LogP contribution in [0.15, 0.2) is 77.7 Å². The van der Waals surface area contributed by atoms with Gasteiger partial charge in [-0.3, -0.25) is 14.5 Å². The van der Waals surface area contributed by atoms with Gasteiger partial charge < -0.3 is 14.8 Å². The van der Waals surface area contributed by atoms with E-state index in [4.69, 9.17) is 21.7 Å². The molecule has 0 spiro atoms. The van der Waals surface area contributed by atoms with E-state index in [1.165, 1.54) is 11.8 Å². The monoisotopic (exact) mass is 490 g/mol. The second-order valence-corrected chi connectivity index (χ2v) is 9.09. The highest BCUT2D eigenvalue weighted by Crippen LogP contribution is 2.37. The first kappa shape index (κ1) is 23.5. The minimum absolute atomic E-state index is 0.141. The molecule has 3 aromatic rings. The van der Waals surface area contributed by atoms with Gasteiger partial charge in [-0.05, 0) is 54.5 Å². The van der Waals surface area contributed by atoms with Crippen molar-refractivity contribution in [3.8, 4) is 11.5 Å². The maximum absolute atomic E-state index is 13.0. The van der Waals surface area contributed by atoms with Crippen LogP contribution in [0.1, 0.15) is 11.1 Å². The number of nitrogens with one attached hydrogen (secondary N) is 1. The van der Waals surface area contributed by atoms with Gasteiger partial charge in [-0.1, -0.05) is 66.4 Å². The summed E-state index contributed by atoms with van der Waals surface area (Å²) in [5.74, 6) is 0.680. The van der Waals surface area contributed by atoms with Crippen molar-refractivity contribution in [2.45, 2.75) is 6.92 Å². The molecule has 1 aliphatic heterocycles. The number of carbonyl (C=O) groups excluding carboxylic acids is 2. The molecule has 0 aliphatic carbocycles. The van der Waals surface area contributed by atoms with Gasteiger partial charge in [-0.15, -0.1) is 0 Å². The Morgan fingerprint density at radius 1 is 1.06 bits per heavy atom. The molecule has 0 saturated carbocycles. The highest BCUT2D eigenvalue weighted by molar-refractivity contribution is 8.27. The van der Waals surface area contributed by atoms with Crippen LogP contribution in [-0.2, 0) is 9.59 Å². The quantitative estimate of drug-likeness (QED) is 0.352. The van der Waals surface area contributed by atoms with E-state index in [0.717, 1.165) is 16.8 Å². The molecular formula is C26H22N2O4S2. The largest absolute Gasteiger partial charge is 0.495 e. The second-order valence-electron chi connectivity index (χ2n) is 7.41. The number of rotatable bonds is 7. The standard InChI is InChI=1S/C26H22N2O4S2/c1-17-7-3-5-9-21(17)28-25(30)23(34-26(28)33)15-18-11-13-19(14-12-18)32-16-24(29)27-20-8-4-6-10-22(20)31-2/h3-15H,16H2,1-2H3,(H,27,29)/b23-15+. The summed E-state index contributed by atoms with van der Waals surface area (Å²) in [5.41, 5.74) is 3.19. The Labute approximate surface area is 207 Å². The minimum atomic E-state index is -0.298. The Bertz CT molecular complexity index is 1270. The number of carbonyl (C=O) groups is 2. The van der Waals surface area contributed by atoms with E-state index in [1.54, 1.807) is 42.4 Å². The summed E-state index contributed by atoms with van der Waals surface area (Å²) in [6, 6.07) is 22.0. The fourth-order valence-electron chi connectivity index (χ4n) is 3.38. The summed E-state index contributed by atoms with van der Waals surface area (Å²) in [5, 5.41) is 2.77. The lowest BCUT2D eigenvalue weighted by Gasteiger charge is -2.16. The number of methoxy groups -OCH3 is 1. The average molecular weight is 491 g/mol. The number of nitrogens with zero attached hydrogens (tertiary/aromatic N) is 1. The van der Waals surface area contributed by atoms with Crippen LogP contribution in [0, 0.1) is 6.92 Å². The number of ether oxygens (including phenoxy) is 2. The molecule has 0 bridgehead atoms. The molecule has 1 N–H and O–H groups in total. The van der Waals surface area contributed by atoms with E-state index in [9.17, 15) is 9.59 Å².